The van der Waals surface area contributed by atoms with E-state index in [1.54, 1.807) is 12.5 Å². The van der Waals surface area contributed by atoms with Crippen LogP contribution in [0.15, 0.2) is 22.8 Å². The third kappa shape index (κ3) is 2.66. The van der Waals surface area contributed by atoms with Crippen molar-refractivity contribution in [2.24, 2.45) is 23.2 Å². The zero-order valence-corrected chi connectivity index (χ0v) is 15.5. The van der Waals surface area contributed by atoms with Gasteiger partial charge >= 0.3 is 0 Å². The molecule has 136 valence electrons. The lowest BCUT2D eigenvalue weighted by atomic mass is 9.54. The minimum absolute atomic E-state index is 0.0227. The highest BCUT2D eigenvalue weighted by atomic mass is 16.3. The van der Waals surface area contributed by atoms with Gasteiger partial charge in [-0.15, -0.1) is 0 Å². The standard InChI is InChI=1S/C22H30O3/c1-13-3-8-20-19-6-4-15-11-16(24)5-7-17(15)18(19)9-10-22(13,20)12-21(25)14(2)23/h11,13-14,19-20,23H,3-10,12H2,1-2H3/t13?,14-,19+,20-,22-/m0/s1. The molecule has 0 radical (unpaired) electrons. The van der Waals surface area contributed by atoms with Gasteiger partial charge in [-0.05, 0) is 92.3 Å². The van der Waals surface area contributed by atoms with Gasteiger partial charge in [-0.25, -0.2) is 0 Å². The Morgan fingerprint density at radius 2 is 2.04 bits per heavy atom. The lowest BCUT2D eigenvalue weighted by Gasteiger charge is -2.50. The number of carbonyl (C=O) groups excluding carboxylic acids is 2. The fraction of sp³-hybridized carbons (Fsp3) is 0.727. The van der Waals surface area contributed by atoms with E-state index in [1.807, 2.05) is 6.08 Å². The Morgan fingerprint density at radius 1 is 1.24 bits per heavy atom. The second-order valence-corrected chi connectivity index (χ2v) is 8.92. The van der Waals surface area contributed by atoms with Crippen LogP contribution >= 0.6 is 0 Å². The van der Waals surface area contributed by atoms with E-state index in [1.165, 1.54) is 24.0 Å². The smallest absolute Gasteiger partial charge is 0.161 e. The Kier molecular flexibility index (Phi) is 4.26. The van der Waals surface area contributed by atoms with E-state index in [2.05, 4.69) is 6.92 Å². The van der Waals surface area contributed by atoms with Crippen LogP contribution in [0.4, 0.5) is 0 Å². The first-order chi connectivity index (χ1) is 11.9. The summed E-state index contributed by atoms with van der Waals surface area (Å²) >= 11 is 0. The van der Waals surface area contributed by atoms with Gasteiger partial charge in [-0.3, -0.25) is 9.59 Å². The van der Waals surface area contributed by atoms with Gasteiger partial charge in [0, 0.05) is 12.8 Å². The lowest BCUT2D eigenvalue weighted by molar-refractivity contribution is -0.131. The Hall–Kier alpha value is -1.22. The van der Waals surface area contributed by atoms with Crippen LogP contribution in [0.3, 0.4) is 0 Å². The molecule has 1 N–H and O–H groups in total. The van der Waals surface area contributed by atoms with E-state index >= 15 is 0 Å². The Labute approximate surface area is 150 Å². The monoisotopic (exact) mass is 342 g/mol. The second kappa shape index (κ2) is 6.19. The van der Waals surface area contributed by atoms with Crippen molar-refractivity contribution in [3.05, 3.63) is 22.8 Å². The Balaban J connectivity index is 1.68. The highest BCUT2D eigenvalue weighted by Crippen LogP contribution is 2.63. The average molecular weight is 342 g/mol. The number of hydrogen-bond acceptors (Lipinski definition) is 3. The third-order valence-corrected chi connectivity index (χ3v) is 7.85. The number of Topliss-reactive ketones (excluding diaryl/α,β-unsaturated/α-hetero) is 1. The molecule has 0 saturated heterocycles. The van der Waals surface area contributed by atoms with Gasteiger partial charge in [0.2, 0.25) is 0 Å². The SMILES string of the molecule is CC1CC[C@H]2[C@@H]3CCC4=CC(=O)CCC4=C3CC[C@]12CC(=O)[C@H](C)O. The van der Waals surface area contributed by atoms with Crippen molar-refractivity contribution in [2.75, 3.05) is 0 Å². The molecular weight excluding hydrogens is 312 g/mol. The number of carbonyl (C=O) groups is 2. The van der Waals surface area contributed by atoms with Crippen molar-refractivity contribution < 1.29 is 14.7 Å². The predicted molar refractivity (Wildman–Crippen MR) is 96.9 cm³/mol. The van der Waals surface area contributed by atoms with E-state index in [0.717, 1.165) is 32.1 Å². The minimum Gasteiger partial charge on any atom is -0.386 e. The molecular formula is C22H30O3. The van der Waals surface area contributed by atoms with Crippen LogP contribution < -0.4 is 0 Å². The maximum atomic E-state index is 12.4. The first kappa shape index (κ1) is 17.2. The van der Waals surface area contributed by atoms with E-state index in [4.69, 9.17) is 0 Å². The van der Waals surface area contributed by atoms with Crippen molar-refractivity contribution in [2.45, 2.75) is 77.7 Å². The van der Waals surface area contributed by atoms with E-state index < -0.39 is 6.10 Å². The van der Waals surface area contributed by atoms with Gasteiger partial charge in [-0.2, -0.15) is 0 Å². The van der Waals surface area contributed by atoms with Crippen LogP contribution in [0.1, 0.15) is 71.6 Å². The molecule has 0 aliphatic heterocycles. The van der Waals surface area contributed by atoms with Crippen LogP contribution in [0.2, 0.25) is 0 Å². The van der Waals surface area contributed by atoms with Gasteiger partial charge in [0.15, 0.2) is 11.6 Å². The van der Waals surface area contributed by atoms with Crippen molar-refractivity contribution in [3.63, 3.8) is 0 Å². The molecule has 25 heavy (non-hydrogen) atoms. The number of allylic oxidation sites excluding steroid dienone is 4. The molecule has 4 aliphatic carbocycles. The normalized spacial score (nSPS) is 38.6. The summed E-state index contributed by atoms with van der Waals surface area (Å²) in [4.78, 5) is 24.2. The molecule has 0 aromatic rings. The van der Waals surface area contributed by atoms with Gasteiger partial charge in [0.1, 0.15) is 6.10 Å². The van der Waals surface area contributed by atoms with Gasteiger partial charge in [0.25, 0.3) is 0 Å². The molecule has 3 nitrogen and oxygen atoms in total. The number of fused-ring (bicyclic) bond motifs is 4. The number of hydrogen-bond donors (Lipinski definition) is 1. The van der Waals surface area contributed by atoms with Crippen LogP contribution in [-0.4, -0.2) is 22.8 Å². The maximum absolute atomic E-state index is 12.4. The lowest BCUT2D eigenvalue weighted by Crippen LogP contribution is -2.44. The first-order valence-corrected chi connectivity index (χ1v) is 10.1. The molecule has 4 aliphatic rings. The van der Waals surface area contributed by atoms with E-state index in [9.17, 15) is 14.7 Å². The fourth-order valence-electron chi connectivity index (χ4n) is 6.48. The molecule has 0 amide bonds. The minimum atomic E-state index is -0.840. The summed E-state index contributed by atoms with van der Waals surface area (Å²) in [5.41, 5.74) is 4.50. The molecule has 0 bridgehead atoms. The van der Waals surface area contributed by atoms with Gasteiger partial charge in [-0.1, -0.05) is 12.5 Å². The van der Waals surface area contributed by atoms with Crippen LogP contribution in [0, 0.1) is 23.2 Å². The summed E-state index contributed by atoms with van der Waals surface area (Å²) in [6, 6.07) is 0. The number of rotatable bonds is 3. The van der Waals surface area contributed by atoms with Crippen LogP contribution in [0.25, 0.3) is 0 Å². The quantitative estimate of drug-likeness (QED) is 0.838. The zero-order chi connectivity index (χ0) is 17.8. The average Bonchev–Trinajstić information content (AvgIpc) is 2.91. The summed E-state index contributed by atoms with van der Waals surface area (Å²) in [6.07, 6.45) is 9.96. The third-order valence-electron chi connectivity index (χ3n) is 7.85. The summed E-state index contributed by atoms with van der Waals surface area (Å²) in [6.45, 7) is 3.93. The highest BCUT2D eigenvalue weighted by molar-refractivity contribution is 5.93. The summed E-state index contributed by atoms with van der Waals surface area (Å²) in [5.74, 6) is 2.06. The molecule has 1 unspecified atom stereocenters. The fourth-order valence-corrected chi connectivity index (χ4v) is 6.48. The Morgan fingerprint density at radius 3 is 2.80 bits per heavy atom. The molecule has 2 saturated carbocycles. The molecule has 0 spiro atoms. The number of aliphatic hydroxyl groups excluding tert-OH is 1. The molecule has 4 rings (SSSR count). The molecule has 0 aromatic carbocycles. The van der Waals surface area contributed by atoms with Crippen molar-refractivity contribution in [1.29, 1.82) is 0 Å². The molecule has 0 aromatic heterocycles. The zero-order valence-electron chi connectivity index (χ0n) is 15.5. The van der Waals surface area contributed by atoms with Crippen molar-refractivity contribution >= 4 is 11.6 Å². The van der Waals surface area contributed by atoms with Crippen molar-refractivity contribution in [1.82, 2.24) is 0 Å². The largest absolute Gasteiger partial charge is 0.386 e. The number of aliphatic hydroxyl groups is 1. The summed E-state index contributed by atoms with van der Waals surface area (Å²) in [5, 5.41) is 9.77. The Bertz CT molecular complexity index is 669. The maximum Gasteiger partial charge on any atom is 0.161 e. The van der Waals surface area contributed by atoms with Gasteiger partial charge < -0.3 is 5.11 Å². The molecule has 3 heteroatoms. The summed E-state index contributed by atoms with van der Waals surface area (Å²) < 4.78 is 0. The summed E-state index contributed by atoms with van der Waals surface area (Å²) in [7, 11) is 0. The topological polar surface area (TPSA) is 54.4 Å². The van der Waals surface area contributed by atoms with Crippen LogP contribution in [-0.2, 0) is 9.59 Å². The van der Waals surface area contributed by atoms with E-state index in [0.29, 0.717) is 36.4 Å². The van der Waals surface area contributed by atoms with Crippen molar-refractivity contribution in [3.8, 4) is 0 Å². The second-order valence-electron chi connectivity index (χ2n) is 8.92. The van der Waals surface area contributed by atoms with E-state index in [-0.39, 0.29) is 11.2 Å². The highest BCUT2D eigenvalue weighted by Gasteiger charge is 2.55. The molecule has 2 fully saturated rings. The predicted octanol–water partition coefficient (Wildman–Crippen LogP) is 4.15. The molecule has 0 heterocycles. The van der Waals surface area contributed by atoms with Gasteiger partial charge in [0.05, 0.1) is 0 Å². The number of ketones is 2. The molecule has 5 atom stereocenters. The van der Waals surface area contributed by atoms with Crippen LogP contribution in [0.5, 0.6) is 0 Å². The first-order valence-electron chi connectivity index (χ1n) is 10.1.